The topological polar surface area (TPSA) is 83.8 Å². The van der Waals surface area contributed by atoms with Gasteiger partial charge in [-0.15, -0.1) is 0 Å². The van der Waals surface area contributed by atoms with E-state index >= 15 is 0 Å². The van der Waals surface area contributed by atoms with E-state index in [0.29, 0.717) is 30.5 Å². The number of nitrogens with zero attached hydrogens (tertiary/aromatic N) is 2. The Morgan fingerprint density at radius 1 is 1.31 bits per heavy atom. The summed E-state index contributed by atoms with van der Waals surface area (Å²) in [4.78, 5) is 17.0. The average molecular weight is 403 g/mol. The number of ether oxygens (including phenoxy) is 4. The molecule has 0 saturated carbocycles. The van der Waals surface area contributed by atoms with Crippen molar-refractivity contribution in [3.8, 4) is 11.5 Å². The van der Waals surface area contributed by atoms with Crippen LogP contribution in [-0.2, 0) is 21.3 Å². The van der Waals surface area contributed by atoms with Crippen molar-refractivity contribution < 1.29 is 23.7 Å². The molecule has 2 unspecified atom stereocenters. The van der Waals surface area contributed by atoms with E-state index in [1.807, 2.05) is 29.9 Å². The maximum atomic E-state index is 12.6. The first-order chi connectivity index (χ1) is 14.1. The van der Waals surface area contributed by atoms with Gasteiger partial charge in [-0.05, 0) is 30.5 Å². The van der Waals surface area contributed by atoms with Crippen LogP contribution in [0.25, 0.3) is 0 Å². The first-order valence-corrected chi connectivity index (χ1v) is 9.79. The number of benzene rings is 1. The molecule has 2 aromatic rings. The van der Waals surface area contributed by atoms with Crippen LogP contribution in [0, 0.1) is 0 Å². The van der Waals surface area contributed by atoms with E-state index < -0.39 is 6.04 Å². The van der Waals surface area contributed by atoms with Crippen LogP contribution >= 0.6 is 0 Å². The van der Waals surface area contributed by atoms with Gasteiger partial charge in [0.15, 0.2) is 0 Å². The zero-order valence-electron chi connectivity index (χ0n) is 17.2. The van der Waals surface area contributed by atoms with Gasteiger partial charge >= 0.3 is 0 Å². The smallest absolute Gasteiger partial charge is 0.223 e. The Bertz CT molecular complexity index is 779. The summed E-state index contributed by atoms with van der Waals surface area (Å²) in [5, 5.41) is 3.06. The summed E-state index contributed by atoms with van der Waals surface area (Å²) in [6.07, 6.45) is 6.05. The van der Waals surface area contributed by atoms with Gasteiger partial charge in [-0.2, -0.15) is 0 Å². The molecule has 1 N–H and O–H groups in total. The molecule has 1 aromatic carbocycles. The number of hydrogen-bond donors (Lipinski definition) is 1. The van der Waals surface area contributed by atoms with Gasteiger partial charge in [-0.25, -0.2) is 4.98 Å². The summed E-state index contributed by atoms with van der Waals surface area (Å²) in [6, 6.07) is 5.09. The van der Waals surface area contributed by atoms with E-state index in [9.17, 15) is 4.79 Å². The molecule has 0 radical (unpaired) electrons. The lowest BCUT2D eigenvalue weighted by Gasteiger charge is -2.20. The van der Waals surface area contributed by atoms with E-state index in [4.69, 9.17) is 18.9 Å². The number of methoxy groups -OCH3 is 2. The fraction of sp³-hybridized carbons (Fsp3) is 0.524. The lowest BCUT2D eigenvalue weighted by molar-refractivity contribution is -0.123. The molecule has 0 bridgehead atoms. The van der Waals surface area contributed by atoms with Crippen LogP contribution in [0.1, 0.15) is 36.7 Å². The predicted octanol–water partition coefficient (Wildman–Crippen LogP) is 2.23. The van der Waals surface area contributed by atoms with E-state index in [0.717, 1.165) is 25.0 Å². The second kappa shape index (κ2) is 10.3. The van der Waals surface area contributed by atoms with Crippen LogP contribution in [0.3, 0.4) is 0 Å². The largest absolute Gasteiger partial charge is 0.497 e. The number of aromatic nitrogens is 2. The fourth-order valence-corrected chi connectivity index (χ4v) is 3.34. The minimum atomic E-state index is -0.440. The number of amides is 1. The van der Waals surface area contributed by atoms with Gasteiger partial charge in [0.25, 0.3) is 0 Å². The first kappa shape index (κ1) is 21.1. The Balaban J connectivity index is 1.68. The van der Waals surface area contributed by atoms with Crippen LogP contribution in [-0.4, -0.2) is 55.6 Å². The normalized spacial score (nSPS) is 17.1. The molecule has 0 spiro atoms. The molecule has 0 aliphatic carbocycles. The summed E-state index contributed by atoms with van der Waals surface area (Å²) in [6.45, 7) is 1.67. The third-order valence-electron chi connectivity index (χ3n) is 4.93. The molecule has 1 aromatic heterocycles. The van der Waals surface area contributed by atoms with Gasteiger partial charge in [-0.3, -0.25) is 4.79 Å². The molecule has 8 heteroatoms. The quantitative estimate of drug-likeness (QED) is 0.613. The third kappa shape index (κ3) is 5.71. The van der Waals surface area contributed by atoms with E-state index in [2.05, 4.69) is 10.3 Å². The van der Waals surface area contributed by atoms with Crippen molar-refractivity contribution in [1.82, 2.24) is 14.9 Å². The zero-order chi connectivity index (χ0) is 20.6. The van der Waals surface area contributed by atoms with E-state index in [-0.39, 0.29) is 18.4 Å². The highest BCUT2D eigenvalue weighted by Crippen LogP contribution is 2.29. The molecule has 8 nitrogen and oxygen atoms in total. The first-order valence-electron chi connectivity index (χ1n) is 9.79. The Morgan fingerprint density at radius 2 is 2.07 bits per heavy atom. The lowest BCUT2D eigenvalue weighted by atomic mass is 10.0. The maximum absolute atomic E-state index is 12.6. The highest BCUT2D eigenvalue weighted by atomic mass is 16.5. The van der Waals surface area contributed by atoms with Gasteiger partial charge in [0, 0.05) is 38.5 Å². The Labute approximate surface area is 171 Å². The van der Waals surface area contributed by atoms with Gasteiger partial charge in [0.05, 0.1) is 33.5 Å². The summed E-state index contributed by atoms with van der Waals surface area (Å²) < 4.78 is 23.8. The van der Waals surface area contributed by atoms with E-state index in [1.165, 1.54) is 0 Å². The second-order valence-corrected chi connectivity index (χ2v) is 7.00. The van der Waals surface area contributed by atoms with Crippen molar-refractivity contribution in [2.24, 2.45) is 7.05 Å². The summed E-state index contributed by atoms with van der Waals surface area (Å²) in [5.41, 5.74) is 0.823. The maximum Gasteiger partial charge on any atom is 0.223 e. The number of imidazole rings is 1. The van der Waals surface area contributed by atoms with E-state index in [1.54, 1.807) is 26.5 Å². The molecule has 1 saturated heterocycles. The third-order valence-corrected chi connectivity index (χ3v) is 4.93. The number of rotatable bonds is 10. The molecule has 2 atom stereocenters. The summed E-state index contributed by atoms with van der Waals surface area (Å²) in [7, 11) is 5.08. The Kier molecular flexibility index (Phi) is 7.48. The molecule has 2 heterocycles. The standard InChI is InChI=1S/C21H29N3O5/c1-24-8-7-22-21(24)20(15-11-17(26-2)13-18(12-15)27-3)23-19(25)6-10-28-14-16-5-4-9-29-16/h7-8,11-13,16,20H,4-6,9-10,14H2,1-3H3,(H,23,25). The van der Waals surface area contributed by atoms with Crippen LogP contribution in [0.4, 0.5) is 0 Å². The SMILES string of the molecule is COc1cc(OC)cc(C(NC(=O)CCOCC2CCCO2)c2nccn2C)c1. The predicted molar refractivity (Wildman–Crippen MR) is 107 cm³/mol. The van der Waals surface area contributed by atoms with Gasteiger partial charge < -0.3 is 28.8 Å². The van der Waals surface area contributed by atoms with Crippen LogP contribution in [0.5, 0.6) is 11.5 Å². The molecule has 1 aliphatic rings. The van der Waals surface area contributed by atoms with Crippen molar-refractivity contribution in [2.45, 2.75) is 31.4 Å². The number of carbonyl (C=O) groups is 1. The summed E-state index contributed by atoms with van der Waals surface area (Å²) in [5.74, 6) is 1.89. The molecule has 1 amide bonds. The molecule has 158 valence electrons. The highest BCUT2D eigenvalue weighted by molar-refractivity contribution is 5.77. The number of carbonyl (C=O) groups excluding carboxylic acids is 1. The molecule has 1 fully saturated rings. The minimum absolute atomic E-state index is 0.118. The van der Waals surface area contributed by atoms with Gasteiger partial charge in [0.2, 0.25) is 5.91 Å². The van der Waals surface area contributed by atoms with Crippen molar-refractivity contribution >= 4 is 5.91 Å². The zero-order valence-corrected chi connectivity index (χ0v) is 17.2. The Hall–Kier alpha value is -2.58. The average Bonchev–Trinajstić information content (AvgIpc) is 3.40. The minimum Gasteiger partial charge on any atom is -0.497 e. The number of nitrogens with one attached hydrogen (secondary N) is 1. The Morgan fingerprint density at radius 3 is 2.66 bits per heavy atom. The monoisotopic (exact) mass is 403 g/mol. The summed E-state index contributed by atoms with van der Waals surface area (Å²) >= 11 is 0. The molecule has 1 aliphatic heterocycles. The van der Waals surface area contributed by atoms with Crippen LogP contribution in [0.2, 0.25) is 0 Å². The lowest BCUT2D eigenvalue weighted by Crippen LogP contribution is -2.32. The number of hydrogen-bond acceptors (Lipinski definition) is 6. The van der Waals surface area contributed by atoms with Crippen molar-refractivity contribution in [3.63, 3.8) is 0 Å². The number of aryl methyl sites for hydroxylation is 1. The van der Waals surface area contributed by atoms with Gasteiger partial charge in [-0.1, -0.05) is 0 Å². The van der Waals surface area contributed by atoms with Crippen LogP contribution < -0.4 is 14.8 Å². The van der Waals surface area contributed by atoms with Crippen molar-refractivity contribution in [3.05, 3.63) is 42.0 Å². The fourth-order valence-electron chi connectivity index (χ4n) is 3.34. The van der Waals surface area contributed by atoms with Gasteiger partial charge in [0.1, 0.15) is 23.4 Å². The molecule has 29 heavy (non-hydrogen) atoms. The molecule has 3 rings (SSSR count). The molecular formula is C21H29N3O5. The van der Waals surface area contributed by atoms with Crippen molar-refractivity contribution in [2.75, 3.05) is 34.0 Å². The highest BCUT2D eigenvalue weighted by Gasteiger charge is 2.22. The van der Waals surface area contributed by atoms with Crippen molar-refractivity contribution in [1.29, 1.82) is 0 Å². The van der Waals surface area contributed by atoms with Crippen LogP contribution in [0.15, 0.2) is 30.6 Å². The molecular weight excluding hydrogens is 374 g/mol. The second-order valence-electron chi connectivity index (χ2n) is 7.00.